The Morgan fingerprint density at radius 1 is 1.38 bits per heavy atom. The third kappa shape index (κ3) is 3.00. The van der Waals surface area contributed by atoms with Gasteiger partial charge in [-0.2, -0.15) is 11.8 Å². The van der Waals surface area contributed by atoms with Crippen molar-refractivity contribution in [2.45, 2.75) is 23.0 Å². The van der Waals surface area contributed by atoms with Crippen molar-refractivity contribution in [2.75, 3.05) is 18.0 Å². The zero-order chi connectivity index (χ0) is 14.9. The minimum absolute atomic E-state index is 0.190. The fraction of sp³-hybridized carbons (Fsp3) is 0.357. The van der Waals surface area contributed by atoms with Gasteiger partial charge < -0.3 is 5.73 Å². The molecule has 1 unspecified atom stereocenters. The predicted octanol–water partition coefficient (Wildman–Crippen LogP) is 1.99. The first-order chi connectivity index (χ1) is 10.1. The third-order valence-corrected chi connectivity index (χ3v) is 6.43. The number of thioether (sulfide) groups is 1. The lowest BCUT2D eigenvalue weighted by Gasteiger charge is -2.12. The SMILES string of the molecule is Nc1ccc(S(=O)(=O)NCC2CCCS2)c2ncccc12. The number of hydrogen-bond donors (Lipinski definition) is 2. The number of nitrogens with one attached hydrogen (secondary N) is 1. The van der Waals surface area contributed by atoms with Gasteiger partial charge in [0, 0.05) is 29.1 Å². The summed E-state index contributed by atoms with van der Waals surface area (Å²) in [7, 11) is -3.57. The highest BCUT2D eigenvalue weighted by molar-refractivity contribution is 8.00. The Hall–Kier alpha value is -1.31. The average Bonchev–Trinajstić information content (AvgIpc) is 2.99. The summed E-state index contributed by atoms with van der Waals surface area (Å²) in [5.74, 6) is 1.11. The van der Waals surface area contributed by atoms with Gasteiger partial charge in [-0.3, -0.25) is 4.98 Å². The summed E-state index contributed by atoms with van der Waals surface area (Å²) in [6.45, 7) is 0.464. The number of fused-ring (bicyclic) bond motifs is 1. The van der Waals surface area contributed by atoms with Crippen LogP contribution in [0.25, 0.3) is 10.9 Å². The zero-order valence-corrected chi connectivity index (χ0v) is 13.1. The first-order valence-corrected chi connectivity index (χ1v) is 9.35. The lowest BCUT2D eigenvalue weighted by Crippen LogP contribution is -2.30. The van der Waals surface area contributed by atoms with Gasteiger partial charge in [-0.25, -0.2) is 13.1 Å². The Bertz CT molecular complexity index is 756. The van der Waals surface area contributed by atoms with Gasteiger partial charge >= 0.3 is 0 Å². The van der Waals surface area contributed by atoms with E-state index >= 15 is 0 Å². The first kappa shape index (κ1) is 14.6. The Kier molecular flexibility index (Phi) is 4.05. The second kappa shape index (κ2) is 5.82. The third-order valence-electron chi connectivity index (χ3n) is 3.58. The van der Waals surface area contributed by atoms with Crippen molar-refractivity contribution < 1.29 is 8.42 Å². The molecule has 1 aromatic heterocycles. The van der Waals surface area contributed by atoms with Crippen molar-refractivity contribution >= 4 is 38.4 Å². The maximum atomic E-state index is 12.5. The van der Waals surface area contributed by atoms with E-state index < -0.39 is 10.0 Å². The monoisotopic (exact) mass is 323 g/mol. The summed E-state index contributed by atoms with van der Waals surface area (Å²) in [4.78, 5) is 4.37. The van der Waals surface area contributed by atoms with Crippen LogP contribution in [-0.2, 0) is 10.0 Å². The molecule has 0 aliphatic carbocycles. The smallest absolute Gasteiger partial charge is 0.242 e. The molecule has 1 atom stereocenters. The van der Waals surface area contributed by atoms with Crippen molar-refractivity contribution in [1.82, 2.24) is 9.71 Å². The van der Waals surface area contributed by atoms with Crippen molar-refractivity contribution in [1.29, 1.82) is 0 Å². The lowest BCUT2D eigenvalue weighted by molar-refractivity contribution is 0.580. The van der Waals surface area contributed by atoms with Crippen molar-refractivity contribution in [3.63, 3.8) is 0 Å². The van der Waals surface area contributed by atoms with Crippen LogP contribution in [0.15, 0.2) is 35.4 Å². The molecule has 3 rings (SSSR count). The first-order valence-electron chi connectivity index (χ1n) is 6.82. The highest BCUT2D eigenvalue weighted by Crippen LogP contribution is 2.28. The van der Waals surface area contributed by atoms with Crippen molar-refractivity contribution in [3.05, 3.63) is 30.5 Å². The summed E-state index contributed by atoms with van der Waals surface area (Å²) in [5, 5.41) is 1.03. The van der Waals surface area contributed by atoms with Gasteiger partial charge in [-0.05, 0) is 42.9 Å². The van der Waals surface area contributed by atoms with Crippen molar-refractivity contribution in [2.24, 2.45) is 0 Å². The Balaban J connectivity index is 1.93. The van der Waals surface area contributed by atoms with E-state index in [9.17, 15) is 8.42 Å². The largest absolute Gasteiger partial charge is 0.398 e. The molecule has 1 aliphatic rings. The molecule has 1 fully saturated rings. The molecule has 0 spiro atoms. The molecule has 112 valence electrons. The van der Waals surface area contributed by atoms with Crippen LogP contribution in [0.4, 0.5) is 5.69 Å². The molecule has 3 N–H and O–H groups in total. The molecule has 0 radical (unpaired) electrons. The van der Waals surface area contributed by atoms with Crippen LogP contribution in [0.2, 0.25) is 0 Å². The fourth-order valence-corrected chi connectivity index (χ4v) is 5.02. The molecule has 7 heteroatoms. The van der Waals surface area contributed by atoms with E-state index in [1.165, 1.54) is 6.07 Å². The van der Waals surface area contributed by atoms with E-state index in [-0.39, 0.29) is 4.90 Å². The fourth-order valence-electron chi connectivity index (χ4n) is 2.47. The Labute approximate surface area is 128 Å². The summed E-state index contributed by atoms with van der Waals surface area (Å²) in [6, 6.07) is 6.67. The van der Waals surface area contributed by atoms with Gasteiger partial charge in [0.25, 0.3) is 0 Å². The number of hydrogen-bond acceptors (Lipinski definition) is 5. The van der Waals surface area contributed by atoms with Gasteiger partial charge in [0.05, 0.1) is 5.52 Å². The topological polar surface area (TPSA) is 85.1 Å². The minimum Gasteiger partial charge on any atom is -0.398 e. The highest BCUT2D eigenvalue weighted by Gasteiger charge is 2.22. The molecule has 2 heterocycles. The van der Waals surface area contributed by atoms with E-state index in [4.69, 9.17) is 5.73 Å². The van der Waals surface area contributed by atoms with Crippen LogP contribution in [0.5, 0.6) is 0 Å². The molecule has 0 bridgehead atoms. The number of pyridine rings is 1. The Morgan fingerprint density at radius 2 is 2.24 bits per heavy atom. The Morgan fingerprint density at radius 3 is 3.00 bits per heavy atom. The normalized spacial score (nSPS) is 19.1. The second-order valence-corrected chi connectivity index (χ2v) is 8.18. The van der Waals surface area contributed by atoms with E-state index in [0.717, 1.165) is 18.6 Å². The van der Waals surface area contributed by atoms with Gasteiger partial charge in [0.1, 0.15) is 4.90 Å². The summed E-state index contributed by atoms with van der Waals surface area (Å²) >= 11 is 1.82. The molecule has 0 amide bonds. The molecule has 2 aromatic rings. The highest BCUT2D eigenvalue weighted by atomic mass is 32.2. The summed E-state index contributed by atoms with van der Waals surface area (Å²) in [6.07, 6.45) is 3.80. The number of nitrogens with two attached hydrogens (primary N) is 1. The minimum atomic E-state index is -3.57. The molecule has 1 aromatic carbocycles. The van der Waals surface area contributed by atoms with E-state index in [2.05, 4.69) is 9.71 Å². The standard InChI is InChI=1S/C14H17N3O2S2/c15-12-5-6-13(14-11(12)4-1-7-16-14)21(18,19)17-9-10-3-2-8-20-10/h1,4-7,10,17H,2-3,8-9,15H2. The zero-order valence-electron chi connectivity index (χ0n) is 11.5. The quantitative estimate of drug-likeness (QED) is 0.841. The van der Waals surface area contributed by atoms with Crippen LogP contribution in [0, 0.1) is 0 Å². The number of benzene rings is 1. The van der Waals surface area contributed by atoms with Gasteiger partial charge in [0.15, 0.2) is 0 Å². The summed E-state index contributed by atoms with van der Waals surface area (Å²) in [5.41, 5.74) is 6.83. The number of nitrogen functional groups attached to an aromatic ring is 1. The van der Waals surface area contributed by atoms with Crippen molar-refractivity contribution in [3.8, 4) is 0 Å². The lowest BCUT2D eigenvalue weighted by atomic mass is 10.2. The number of sulfonamides is 1. The molecule has 21 heavy (non-hydrogen) atoms. The second-order valence-electron chi connectivity index (χ2n) is 5.04. The summed E-state index contributed by atoms with van der Waals surface area (Å²) < 4.78 is 27.7. The predicted molar refractivity (Wildman–Crippen MR) is 86.8 cm³/mol. The van der Waals surface area contributed by atoms with Gasteiger partial charge in [-0.15, -0.1) is 0 Å². The van der Waals surface area contributed by atoms with Gasteiger partial charge in [-0.1, -0.05) is 0 Å². The maximum Gasteiger partial charge on any atom is 0.242 e. The molecule has 1 aliphatic heterocycles. The van der Waals surface area contributed by atoms with E-state index in [0.29, 0.717) is 28.4 Å². The number of aromatic nitrogens is 1. The molecule has 5 nitrogen and oxygen atoms in total. The maximum absolute atomic E-state index is 12.5. The molecular weight excluding hydrogens is 306 g/mol. The molecule has 0 saturated carbocycles. The average molecular weight is 323 g/mol. The number of anilines is 1. The van der Waals surface area contributed by atoms with Crippen LogP contribution >= 0.6 is 11.8 Å². The van der Waals surface area contributed by atoms with Crippen LogP contribution in [0.1, 0.15) is 12.8 Å². The number of nitrogens with zero attached hydrogens (tertiary/aromatic N) is 1. The van der Waals surface area contributed by atoms with E-state index in [1.807, 2.05) is 11.8 Å². The van der Waals surface area contributed by atoms with Crippen LogP contribution in [0.3, 0.4) is 0 Å². The van der Waals surface area contributed by atoms with E-state index in [1.54, 1.807) is 24.4 Å². The van der Waals surface area contributed by atoms with Crippen LogP contribution in [-0.4, -0.2) is 30.9 Å². The van der Waals surface area contributed by atoms with Gasteiger partial charge in [0.2, 0.25) is 10.0 Å². The molecule has 1 saturated heterocycles. The number of rotatable bonds is 4. The van der Waals surface area contributed by atoms with Crippen LogP contribution < -0.4 is 10.5 Å². The molecular formula is C14H17N3O2S2.